The van der Waals surface area contributed by atoms with Gasteiger partial charge in [0.2, 0.25) is 5.91 Å². The van der Waals surface area contributed by atoms with Gasteiger partial charge < -0.3 is 16.8 Å². The molecule has 0 aliphatic heterocycles. The molecule has 1 atom stereocenters. The normalized spacial score (nSPS) is 18.6. The van der Waals surface area contributed by atoms with Gasteiger partial charge in [-0.2, -0.15) is 0 Å². The summed E-state index contributed by atoms with van der Waals surface area (Å²) >= 11 is 0. The quantitative estimate of drug-likeness (QED) is 0.344. The Balaban J connectivity index is 1.42. The SMILES string of the molecule is NCC1CCC(C(=O)NC(Cc2ccccc2)c2cc(-c3ccc4c(N)nccc4c3)ccn2)CC1. The predicted molar refractivity (Wildman–Crippen MR) is 145 cm³/mol. The lowest BCUT2D eigenvalue weighted by atomic mass is 9.81. The Morgan fingerprint density at radius 3 is 2.44 bits per heavy atom. The molecule has 0 spiro atoms. The summed E-state index contributed by atoms with van der Waals surface area (Å²) in [7, 11) is 0. The minimum Gasteiger partial charge on any atom is -0.383 e. The van der Waals surface area contributed by atoms with Crippen molar-refractivity contribution in [2.75, 3.05) is 12.3 Å². The van der Waals surface area contributed by atoms with E-state index < -0.39 is 0 Å². The fourth-order valence-corrected chi connectivity index (χ4v) is 5.23. The molecule has 1 amide bonds. The number of anilines is 1. The van der Waals surface area contributed by atoms with Crippen molar-refractivity contribution in [2.24, 2.45) is 17.6 Å². The number of nitrogen functional groups attached to an aromatic ring is 1. The highest BCUT2D eigenvalue weighted by molar-refractivity contribution is 5.93. The second-order valence-electron chi connectivity index (χ2n) is 9.81. The Kier molecular flexibility index (Phi) is 7.23. The van der Waals surface area contributed by atoms with Crippen LogP contribution in [0.15, 0.2) is 79.1 Å². The fraction of sp³-hybridized carbons (Fsp3) is 0.300. The minimum absolute atomic E-state index is 0.0359. The van der Waals surface area contributed by atoms with Crippen LogP contribution in [0.25, 0.3) is 21.9 Å². The molecule has 0 bridgehead atoms. The van der Waals surface area contributed by atoms with Gasteiger partial charge >= 0.3 is 0 Å². The van der Waals surface area contributed by atoms with Gasteiger partial charge in [0.05, 0.1) is 11.7 Å². The van der Waals surface area contributed by atoms with Crippen molar-refractivity contribution in [3.63, 3.8) is 0 Å². The number of hydrogen-bond acceptors (Lipinski definition) is 5. The van der Waals surface area contributed by atoms with Crippen LogP contribution < -0.4 is 16.8 Å². The van der Waals surface area contributed by atoms with Gasteiger partial charge in [0, 0.05) is 23.7 Å². The minimum atomic E-state index is -0.215. The summed E-state index contributed by atoms with van der Waals surface area (Å²) in [6.07, 6.45) is 8.07. The molecule has 1 fully saturated rings. The molecule has 1 aliphatic carbocycles. The van der Waals surface area contributed by atoms with Gasteiger partial charge in [-0.1, -0.05) is 42.5 Å². The Morgan fingerprint density at radius 1 is 0.917 bits per heavy atom. The lowest BCUT2D eigenvalue weighted by Crippen LogP contribution is -2.37. The van der Waals surface area contributed by atoms with Crippen LogP contribution in [0.3, 0.4) is 0 Å². The fourth-order valence-electron chi connectivity index (χ4n) is 5.23. The Hall–Kier alpha value is -3.77. The number of hydrogen-bond donors (Lipinski definition) is 3. The zero-order valence-electron chi connectivity index (χ0n) is 20.4. The lowest BCUT2D eigenvalue weighted by molar-refractivity contribution is -0.127. The zero-order valence-corrected chi connectivity index (χ0v) is 20.4. The molecule has 6 heteroatoms. The van der Waals surface area contributed by atoms with Gasteiger partial charge in [-0.3, -0.25) is 9.78 Å². The van der Waals surface area contributed by atoms with Crippen LogP contribution in [-0.2, 0) is 11.2 Å². The molecule has 5 rings (SSSR count). The van der Waals surface area contributed by atoms with Crippen molar-refractivity contribution in [1.29, 1.82) is 0 Å². The highest BCUT2D eigenvalue weighted by Gasteiger charge is 2.28. The average molecular weight is 480 g/mol. The number of nitrogens with two attached hydrogens (primary N) is 2. The predicted octanol–water partition coefficient (Wildman–Crippen LogP) is 5.04. The molecule has 2 aromatic carbocycles. The third kappa shape index (κ3) is 5.39. The van der Waals surface area contributed by atoms with Crippen molar-refractivity contribution in [1.82, 2.24) is 15.3 Å². The van der Waals surface area contributed by atoms with Crippen LogP contribution in [0, 0.1) is 11.8 Å². The topological polar surface area (TPSA) is 107 Å². The van der Waals surface area contributed by atoms with Crippen LogP contribution in [0.1, 0.15) is 43.0 Å². The van der Waals surface area contributed by atoms with Crippen LogP contribution in [0.5, 0.6) is 0 Å². The molecular weight excluding hydrogens is 446 g/mol. The molecule has 2 aromatic heterocycles. The first-order valence-electron chi connectivity index (χ1n) is 12.8. The van der Waals surface area contributed by atoms with E-state index in [1.807, 2.05) is 42.6 Å². The Bertz CT molecular complexity index is 1330. The number of nitrogens with one attached hydrogen (secondary N) is 1. The first kappa shape index (κ1) is 23.9. The average Bonchev–Trinajstić information content (AvgIpc) is 2.93. The van der Waals surface area contributed by atoms with Crippen LogP contribution in [-0.4, -0.2) is 22.4 Å². The maximum atomic E-state index is 13.3. The molecule has 184 valence electrons. The van der Waals surface area contributed by atoms with Gasteiger partial charge in [-0.05, 0) is 90.9 Å². The molecular formula is C30H33N5O. The Morgan fingerprint density at radius 2 is 1.67 bits per heavy atom. The zero-order chi connectivity index (χ0) is 24.9. The first-order valence-corrected chi connectivity index (χ1v) is 12.8. The standard InChI is InChI=1S/C30H33N5O/c31-19-21-6-8-22(9-7-21)30(36)35-28(16-20-4-2-1-3-5-20)27-18-24(12-14-33-27)23-10-11-26-25(17-23)13-15-34-29(26)32/h1-5,10-15,17-18,21-22,28H,6-9,16,19,31H2,(H2,32,34)(H,35,36). The summed E-state index contributed by atoms with van der Waals surface area (Å²) < 4.78 is 0. The van der Waals surface area contributed by atoms with Gasteiger partial charge in [0.15, 0.2) is 0 Å². The highest BCUT2D eigenvalue weighted by atomic mass is 16.1. The number of carbonyl (C=O) groups excluding carboxylic acids is 1. The molecule has 0 saturated heterocycles. The van der Waals surface area contributed by atoms with Crippen LogP contribution in [0.4, 0.5) is 5.82 Å². The molecule has 5 N–H and O–H groups in total. The van der Waals surface area contributed by atoms with Crippen molar-refractivity contribution in [2.45, 2.75) is 38.1 Å². The summed E-state index contributed by atoms with van der Waals surface area (Å²) in [5.41, 5.74) is 16.0. The summed E-state index contributed by atoms with van der Waals surface area (Å²) in [5.74, 6) is 1.22. The maximum Gasteiger partial charge on any atom is 0.223 e. The van der Waals surface area contributed by atoms with Crippen LogP contribution >= 0.6 is 0 Å². The maximum absolute atomic E-state index is 13.3. The molecule has 2 heterocycles. The third-order valence-electron chi connectivity index (χ3n) is 7.42. The van der Waals surface area contributed by atoms with E-state index in [9.17, 15) is 4.79 Å². The monoisotopic (exact) mass is 479 g/mol. The Labute approximate surface area is 212 Å². The lowest BCUT2D eigenvalue weighted by Gasteiger charge is -2.28. The number of benzene rings is 2. The number of aromatic nitrogens is 2. The number of fused-ring (bicyclic) bond motifs is 1. The second-order valence-corrected chi connectivity index (χ2v) is 9.81. The van der Waals surface area contributed by atoms with E-state index in [2.05, 4.69) is 40.6 Å². The van der Waals surface area contributed by atoms with E-state index in [4.69, 9.17) is 16.5 Å². The van der Waals surface area contributed by atoms with Crippen molar-refractivity contribution >= 4 is 22.5 Å². The van der Waals surface area contributed by atoms with E-state index in [1.54, 1.807) is 6.20 Å². The van der Waals surface area contributed by atoms with Crippen LogP contribution in [0.2, 0.25) is 0 Å². The summed E-state index contributed by atoms with van der Waals surface area (Å²) in [6, 6.07) is 22.3. The third-order valence-corrected chi connectivity index (χ3v) is 7.42. The van der Waals surface area contributed by atoms with E-state index in [-0.39, 0.29) is 17.9 Å². The molecule has 0 radical (unpaired) electrons. The number of nitrogens with zero attached hydrogens (tertiary/aromatic N) is 2. The highest BCUT2D eigenvalue weighted by Crippen LogP contribution is 2.31. The first-order chi connectivity index (χ1) is 17.6. The largest absolute Gasteiger partial charge is 0.383 e. The summed E-state index contributed by atoms with van der Waals surface area (Å²) in [6.45, 7) is 0.708. The van der Waals surface area contributed by atoms with Gasteiger partial charge in [0.1, 0.15) is 5.82 Å². The number of amides is 1. The number of pyridine rings is 2. The molecule has 1 aliphatic rings. The molecule has 6 nitrogen and oxygen atoms in total. The molecule has 36 heavy (non-hydrogen) atoms. The second kappa shape index (κ2) is 10.9. The molecule has 1 saturated carbocycles. The van der Waals surface area contributed by atoms with Gasteiger partial charge in [-0.15, -0.1) is 0 Å². The summed E-state index contributed by atoms with van der Waals surface area (Å²) in [4.78, 5) is 22.2. The smallest absolute Gasteiger partial charge is 0.223 e. The van der Waals surface area contributed by atoms with E-state index in [0.29, 0.717) is 24.7 Å². The molecule has 1 unspecified atom stereocenters. The summed E-state index contributed by atoms with van der Waals surface area (Å²) in [5, 5.41) is 5.32. The van der Waals surface area contributed by atoms with Crippen molar-refractivity contribution in [3.8, 4) is 11.1 Å². The van der Waals surface area contributed by atoms with Gasteiger partial charge in [-0.25, -0.2) is 4.98 Å². The van der Waals surface area contributed by atoms with E-state index in [0.717, 1.165) is 58.8 Å². The van der Waals surface area contributed by atoms with E-state index in [1.165, 1.54) is 0 Å². The number of carbonyl (C=O) groups is 1. The van der Waals surface area contributed by atoms with Crippen molar-refractivity contribution < 1.29 is 4.79 Å². The van der Waals surface area contributed by atoms with Gasteiger partial charge in [0.25, 0.3) is 0 Å². The number of rotatable bonds is 7. The molecule has 4 aromatic rings. The van der Waals surface area contributed by atoms with Crippen molar-refractivity contribution in [3.05, 3.63) is 90.4 Å². The van der Waals surface area contributed by atoms with E-state index >= 15 is 0 Å².